The first-order chi connectivity index (χ1) is 11.4. The van der Waals surface area contributed by atoms with E-state index >= 15 is 0 Å². The molecule has 25 heavy (non-hydrogen) atoms. The third-order valence-electron chi connectivity index (χ3n) is 3.71. The van der Waals surface area contributed by atoms with Gasteiger partial charge in [-0.15, -0.1) is 0 Å². The molecular weight excluding hydrogens is 367 g/mol. The zero-order chi connectivity index (χ0) is 17.6. The van der Waals surface area contributed by atoms with Crippen LogP contribution in [0.2, 0.25) is 0 Å². The van der Waals surface area contributed by atoms with Crippen LogP contribution in [-0.2, 0) is 16.5 Å². The van der Waals surface area contributed by atoms with E-state index in [2.05, 4.69) is 6.92 Å². The molecule has 0 aliphatic carbocycles. The van der Waals surface area contributed by atoms with Gasteiger partial charge in [-0.05, 0) is 43.2 Å². The van der Waals surface area contributed by atoms with Gasteiger partial charge in [-0.1, -0.05) is 49.6 Å². The van der Waals surface area contributed by atoms with Crippen LogP contribution in [-0.4, -0.2) is 13.0 Å². The van der Waals surface area contributed by atoms with E-state index < -0.39 is 10.1 Å². The maximum Gasteiger partial charge on any atom is 1.00 e. The molecule has 7 heteroatoms. The van der Waals surface area contributed by atoms with Crippen molar-refractivity contribution in [2.45, 2.75) is 43.9 Å². The standard InChI is InChI=1S/C18H22O5S.K/c1-2-3-4-5-7-14-8-6-9-17(18(14)19)23-15-10-12-16(13-11-15)24(20,21)22;/h6,8-13,19H,2-5,7H2,1H3,(H,20,21,22);/q;+1/p-1. The zero-order valence-electron chi connectivity index (χ0n) is 14.6. The van der Waals surface area contributed by atoms with E-state index in [1.807, 2.05) is 6.07 Å². The largest absolute Gasteiger partial charge is 1.00 e. The Kier molecular flexibility index (Phi) is 9.65. The van der Waals surface area contributed by atoms with Gasteiger partial charge < -0.3 is 9.84 Å². The molecule has 2 aromatic carbocycles. The number of ether oxygens (including phenoxy) is 1. The second-order valence-electron chi connectivity index (χ2n) is 5.60. The summed E-state index contributed by atoms with van der Waals surface area (Å²) in [6.07, 6.45) is 5.09. The topological polar surface area (TPSA) is 86.7 Å². The van der Waals surface area contributed by atoms with Crippen molar-refractivity contribution in [1.82, 2.24) is 0 Å². The minimum Gasteiger partial charge on any atom is -0.870 e. The van der Waals surface area contributed by atoms with E-state index in [9.17, 15) is 13.5 Å². The summed E-state index contributed by atoms with van der Waals surface area (Å²) >= 11 is 0. The minimum absolute atomic E-state index is 0. The van der Waals surface area contributed by atoms with Gasteiger partial charge in [-0.2, -0.15) is 8.42 Å². The van der Waals surface area contributed by atoms with Gasteiger partial charge in [0.15, 0.2) is 0 Å². The molecule has 0 aliphatic heterocycles. The third kappa shape index (κ3) is 7.01. The summed E-state index contributed by atoms with van der Waals surface area (Å²) in [5, 5.41) is 12.4. The van der Waals surface area contributed by atoms with E-state index in [0.717, 1.165) is 37.7 Å². The van der Waals surface area contributed by atoms with Crippen LogP contribution in [0.15, 0.2) is 47.4 Å². The summed E-state index contributed by atoms with van der Waals surface area (Å²) in [5.74, 6) is 0.401. The summed E-state index contributed by atoms with van der Waals surface area (Å²) in [6, 6.07) is 10.4. The molecule has 0 spiro atoms. The van der Waals surface area contributed by atoms with Gasteiger partial charge in [0.05, 0.1) is 4.90 Å². The van der Waals surface area contributed by atoms with Crippen molar-refractivity contribution in [3.63, 3.8) is 0 Å². The third-order valence-corrected chi connectivity index (χ3v) is 4.58. The summed E-state index contributed by atoms with van der Waals surface area (Å²) in [6.45, 7) is 2.14. The van der Waals surface area contributed by atoms with E-state index in [-0.39, 0.29) is 67.8 Å². The molecule has 0 fully saturated rings. The SMILES string of the molecule is CCCCCCc1cccc(Oc2ccc(S(=O)(=O)O)cc2)c1[O-].[K+]. The molecule has 0 bridgehead atoms. The summed E-state index contributed by atoms with van der Waals surface area (Å²) in [4.78, 5) is -0.220. The van der Waals surface area contributed by atoms with E-state index in [0.29, 0.717) is 5.75 Å². The molecule has 0 aromatic heterocycles. The predicted octanol–water partition coefficient (Wildman–Crippen LogP) is 0.926. The predicted molar refractivity (Wildman–Crippen MR) is 90.1 cm³/mol. The molecule has 0 heterocycles. The first-order valence-corrected chi connectivity index (χ1v) is 9.40. The maximum atomic E-state index is 12.4. The van der Waals surface area contributed by atoms with Crippen LogP contribution in [0.1, 0.15) is 38.2 Å². The fraction of sp³-hybridized carbons (Fsp3) is 0.333. The fourth-order valence-corrected chi connectivity index (χ4v) is 2.87. The first kappa shape index (κ1) is 22.6. The average Bonchev–Trinajstić information content (AvgIpc) is 2.54. The number of aryl methyl sites for hydroxylation is 1. The van der Waals surface area contributed by atoms with Crippen LogP contribution in [0, 0.1) is 0 Å². The molecule has 0 aliphatic rings. The number of hydrogen-bond donors (Lipinski definition) is 1. The Morgan fingerprint density at radius 1 is 1.04 bits per heavy atom. The number of unbranched alkanes of at least 4 members (excludes halogenated alkanes) is 3. The second kappa shape index (κ2) is 10.7. The Morgan fingerprint density at radius 2 is 1.72 bits per heavy atom. The van der Waals surface area contributed by atoms with Crippen molar-refractivity contribution in [1.29, 1.82) is 0 Å². The number of benzene rings is 2. The molecule has 0 atom stereocenters. The molecular formula is C18H21KO5S. The van der Waals surface area contributed by atoms with Crippen LogP contribution in [0.5, 0.6) is 17.2 Å². The van der Waals surface area contributed by atoms with Crippen LogP contribution < -0.4 is 61.2 Å². The van der Waals surface area contributed by atoms with Gasteiger partial charge in [0.2, 0.25) is 0 Å². The first-order valence-electron chi connectivity index (χ1n) is 7.96. The monoisotopic (exact) mass is 388 g/mol. The summed E-state index contributed by atoms with van der Waals surface area (Å²) < 4.78 is 36.5. The van der Waals surface area contributed by atoms with Gasteiger partial charge in [0, 0.05) is 0 Å². The van der Waals surface area contributed by atoms with Crippen LogP contribution in [0.25, 0.3) is 0 Å². The van der Waals surface area contributed by atoms with Crippen LogP contribution in [0.3, 0.4) is 0 Å². The minimum atomic E-state index is -4.24. The Balaban J connectivity index is 0.00000312. The molecule has 0 radical (unpaired) electrons. The van der Waals surface area contributed by atoms with Gasteiger partial charge in [-0.3, -0.25) is 4.55 Å². The van der Waals surface area contributed by atoms with Gasteiger partial charge >= 0.3 is 51.4 Å². The molecule has 5 nitrogen and oxygen atoms in total. The van der Waals surface area contributed by atoms with Crippen molar-refractivity contribution in [2.24, 2.45) is 0 Å². The molecule has 130 valence electrons. The molecule has 2 rings (SSSR count). The van der Waals surface area contributed by atoms with Gasteiger partial charge in [0.25, 0.3) is 10.1 Å². The van der Waals surface area contributed by atoms with E-state index in [1.165, 1.54) is 24.3 Å². The average molecular weight is 389 g/mol. The van der Waals surface area contributed by atoms with E-state index in [4.69, 9.17) is 9.29 Å². The summed E-state index contributed by atoms with van der Waals surface area (Å²) in [7, 11) is -4.24. The normalized spacial score (nSPS) is 11.0. The van der Waals surface area contributed by atoms with Crippen molar-refractivity contribution in [3.05, 3.63) is 48.0 Å². The van der Waals surface area contributed by atoms with Gasteiger partial charge in [0.1, 0.15) is 11.5 Å². The Bertz CT molecular complexity index is 773. The molecule has 0 saturated carbocycles. The number of para-hydroxylation sites is 1. The molecule has 0 saturated heterocycles. The molecule has 2 aromatic rings. The second-order valence-corrected chi connectivity index (χ2v) is 7.03. The molecule has 1 N–H and O–H groups in total. The fourth-order valence-electron chi connectivity index (χ4n) is 2.39. The van der Waals surface area contributed by atoms with Crippen molar-refractivity contribution in [2.75, 3.05) is 0 Å². The van der Waals surface area contributed by atoms with Gasteiger partial charge in [-0.25, -0.2) is 0 Å². The quantitative estimate of drug-likeness (QED) is 0.413. The summed E-state index contributed by atoms with van der Waals surface area (Å²) in [5.41, 5.74) is 0.721. The number of rotatable bonds is 8. The van der Waals surface area contributed by atoms with Crippen molar-refractivity contribution >= 4 is 10.1 Å². The number of hydrogen-bond acceptors (Lipinski definition) is 4. The molecule has 0 amide bonds. The maximum absolute atomic E-state index is 12.4. The van der Waals surface area contributed by atoms with Crippen LogP contribution in [0.4, 0.5) is 0 Å². The smallest absolute Gasteiger partial charge is 0.870 e. The zero-order valence-corrected chi connectivity index (χ0v) is 18.5. The van der Waals surface area contributed by atoms with E-state index in [1.54, 1.807) is 12.1 Å². The Hall–Kier alpha value is -0.414. The Morgan fingerprint density at radius 3 is 2.32 bits per heavy atom. The van der Waals surface area contributed by atoms with Crippen molar-refractivity contribution in [3.8, 4) is 17.2 Å². The van der Waals surface area contributed by atoms with Crippen LogP contribution >= 0.6 is 0 Å². The Labute approximate surface area is 191 Å². The molecule has 0 unspecified atom stereocenters. The van der Waals surface area contributed by atoms with Crippen molar-refractivity contribution < 1.29 is 74.2 Å².